The van der Waals surface area contributed by atoms with Crippen molar-refractivity contribution in [3.8, 4) is 0 Å². The van der Waals surface area contributed by atoms with Gasteiger partial charge in [-0.2, -0.15) is 0 Å². The van der Waals surface area contributed by atoms with Gasteiger partial charge in [0.05, 0.1) is 6.54 Å². The summed E-state index contributed by atoms with van der Waals surface area (Å²) in [6.45, 7) is 6.01. The quantitative estimate of drug-likeness (QED) is 0.727. The number of carbonyl (C=O) groups is 2. The number of halogens is 1. The highest BCUT2D eigenvalue weighted by Crippen LogP contribution is 2.21. The normalized spacial score (nSPS) is 15.6. The predicted molar refractivity (Wildman–Crippen MR) is 80.0 cm³/mol. The maximum absolute atomic E-state index is 12.3. The molecule has 0 saturated carbocycles. The number of amides is 1. The Balaban J connectivity index is 2.17. The molecular formula is C15H18BrNO3. The molecule has 1 aliphatic heterocycles. The van der Waals surface area contributed by atoms with Crippen LogP contribution in [0.1, 0.15) is 36.7 Å². The minimum atomic E-state index is -0.553. The first-order valence-electron chi connectivity index (χ1n) is 6.56. The fourth-order valence-electron chi connectivity index (χ4n) is 2.10. The summed E-state index contributed by atoms with van der Waals surface area (Å²) in [5, 5.41) is 0. The molecule has 0 atom stereocenters. The van der Waals surface area contributed by atoms with Crippen LogP contribution in [0, 0.1) is 0 Å². The molecule has 0 radical (unpaired) electrons. The summed E-state index contributed by atoms with van der Waals surface area (Å²) in [4.78, 5) is 25.8. The molecule has 0 bridgehead atoms. The average Bonchev–Trinajstić information content (AvgIpc) is 2.47. The van der Waals surface area contributed by atoms with Gasteiger partial charge in [0, 0.05) is 16.6 Å². The summed E-state index contributed by atoms with van der Waals surface area (Å²) < 4.78 is 6.20. The molecule has 0 saturated heterocycles. The van der Waals surface area contributed by atoms with Crippen molar-refractivity contribution >= 4 is 27.8 Å². The van der Waals surface area contributed by atoms with Crippen molar-refractivity contribution in [3.63, 3.8) is 0 Å². The molecule has 0 N–H and O–H groups in total. The molecule has 1 amide bonds. The molecular weight excluding hydrogens is 322 g/mol. The van der Waals surface area contributed by atoms with Gasteiger partial charge in [0.1, 0.15) is 5.60 Å². The van der Waals surface area contributed by atoms with Crippen LogP contribution >= 0.6 is 15.9 Å². The number of hydrogen-bond acceptors (Lipinski definition) is 3. The van der Waals surface area contributed by atoms with Gasteiger partial charge in [0.25, 0.3) is 0 Å². The van der Waals surface area contributed by atoms with Gasteiger partial charge in [-0.15, -0.1) is 0 Å². The second-order valence-electron chi connectivity index (χ2n) is 5.88. The maximum atomic E-state index is 12.3. The zero-order chi connectivity index (χ0) is 14.9. The van der Waals surface area contributed by atoms with Crippen LogP contribution in [0.25, 0.3) is 0 Å². The Morgan fingerprint density at radius 2 is 2.05 bits per heavy atom. The van der Waals surface area contributed by atoms with Crippen LogP contribution in [0.3, 0.4) is 0 Å². The van der Waals surface area contributed by atoms with E-state index in [-0.39, 0.29) is 12.3 Å². The van der Waals surface area contributed by atoms with Crippen molar-refractivity contribution in [2.45, 2.75) is 32.8 Å². The van der Waals surface area contributed by atoms with E-state index in [4.69, 9.17) is 4.74 Å². The number of ether oxygens (including phenoxy) is 1. The molecule has 0 spiro atoms. The monoisotopic (exact) mass is 339 g/mol. The lowest BCUT2D eigenvalue weighted by molar-refractivity contribution is 0.0254. The fraction of sp³-hybridized carbons (Fsp3) is 0.467. The topological polar surface area (TPSA) is 46.6 Å². The standard InChI is InChI=1S/C15H18BrNO3/c1-15(2,3)20-14(19)17-7-6-10-4-5-11(16)8-12(10)13(18)9-17/h4-5,8H,6-7,9H2,1-3H3. The van der Waals surface area contributed by atoms with Crippen LogP contribution in [0.4, 0.5) is 4.79 Å². The molecule has 4 nitrogen and oxygen atoms in total. The summed E-state index contributed by atoms with van der Waals surface area (Å²) >= 11 is 3.37. The lowest BCUT2D eigenvalue weighted by Gasteiger charge is -2.25. The Morgan fingerprint density at radius 1 is 1.35 bits per heavy atom. The highest BCUT2D eigenvalue weighted by molar-refractivity contribution is 9.10. The van der Waals surface area contributed by atoms with E-state index >= 15 is 0 Å². The molecule has 0 fully saturated rings. The summed E-state index contributed by atoms with van der Waals surface area (Å²) in [6.07, 6.45) is 0.228. The molecule has 1 aromatic carbocycles. The third kappa shape index (κ3) is 3.60. The fourth-order valence-corrected chi connectivity index (χ4v) is 2.46. The van der Waals surface area contributed by atoms with Crippen LogP contribution in [0.2, 0.25) is 0 Å². The first-order chi connectivity index (χ1) is 9.26. The molecule has 0 aromatic heterocycles. The van der Waals surface area contributed by atoms with E-state index in [1.165, 1.54) is 4.90 Å². The van der Waals surface area contributed by atoms with E-state index in [0.29, 0.717) is 18.5 Å². The highest BCUT2D eigenvalue weighted by Gasteiger charge is 2.27. The number of nitrogens with zero attached hydrogens (tertiary/aromatic N) is 1. The van der Waals surface area contributed by atoms with Gasteiger partial charge < -0.3 is 9.64 Å². The van der Waals surface area contributed by atoms with Gasteiger partial charge in [0.15, 0.2) is 5.78 Å². The third-order valence-electron chi connectivity index (χ3n) is 3.01. The maximum Gasteiger partial charge on any atom is 0.410 e. The summed E-state index contributed by atoms with van der Waals surface area (Å²) in [5.41, 5.74) is 1.11. The van der Waals surface area contributed by atoms with Gasteiger partial charge in [0.2, 0.25) is 0 Å². The SMILES string of the molecule is CC(C)(C)OC(=O)N1CCc2ccc(Br)cc2C(=O)C1. The summed E-state index contributed by atoms with van der Waals surface area (Å²) in [6, 6.07) is 5.65. The van der Waals surface area contributed by atoms with Gasteiger partial charge in [-0.1, -0.05) is 22.0 Å². The molecule has 20 heavy (non-hydrogen) atoms. The number of carbonyl (C=O) groups excluding carboxylic acids is 2. The minimum Gasteiger partial charge on any atom is -0.444 e. The summed E-state index contributed by atoms with van der Waals surface area (Å²) in [5.74, 6) is -0.0512. The van der Waals surface area contributed by atoms with Gasteiger partial charge in [-0.3, -0.25) is 4.79 Å². The van der Waals surface area contributed by atoms with Crippen LogP contribution in [0.5, 0.6) is 0 Å². The molecule has 5 heteroatoms. The molecule has 108 valence electrons. The summed E-state index contributed by atoms with van der Waals surface area (Å²) in [7, 11) is 0. The van der Waals surface area contributed by atoms with E-state index in [1.54, 1.807) is 0 Å². The Bertz CT molecular complexity index is 549. The van der Waals surface area contributed by atoms with Crippen LogP contribution in [-0.4, -0.2) is 35.5 Å². The predicted octanol–water partition coefficient (Wildman–Crippen LogP) is 3.43. The number of benzene rings is 1. The van der Waals surface area contributed by atoms with Gasteiger partial charge in [-0.25, -0.2) is 4.79 Å². The Hall–Kier alpha value is -1.36. The van der Waals surface area contributed by atoms with Gasteiger partial charge in [-0.05, 0) is 44.9 Å². The zero-order valence-electron chi connectivity index (χ0n) is 11.9. The second-order valence-corrected chi connectivity index (χ2v) is 6.79. The average molecular weight is 340 g/mol. The molecule has 1 aromatic rings. The van der Waals surface area contributed by atoms with Gasteiger partial charge >= 0.3 is 6.09 Å². The van der Waals surface area contributed by atoms with Crippen molar-refractivity contribution in [3.05, 3.63) is 33.8 Å². The van der Waals surface area contributed by atoms with Crippen molar-refractivity contribution in [1.82, 2.24) is 4.90 Å². The number of fused-ring (bicyclic) bond motifs is 1. The lowest BCUT2D eigenvalue weighted by Crippen LogP contribution is -2.39. The molecule has 0 aliphatic carbocycles. The van der Waals surface area contributed by atoms with Crippen LogP contribution in [-0.2, 0) is 11.2 Å². The van der Waals surface area contributed by atoms with E-state index in [0.717, 1.165) is 10.0 Å². The zero-order valence-corrected chi connectivity index (χ0v) is 13.5. The van der Waals surface area contributed by atoms with Crippen molar-refractivity contribution in [2.75, 3.05) is 13.1 Å². The van der Waals surface area contributed by atoms with E-state index in [2.05, 4.69) is 15.9 Å². The second kappa shape index (κ2) is 5.56. The Labute approximate surface area is 127 Å². The first kappa shape index (κ1) is 15.0. The third-order valence-corrected chi connectivity index (χ3v) is 3.50. The van der Waals surface area contributed by atoms with E-state index in [1.807, 2.05) is 39.0 Å². The molecule has 2 rings (SSSR count). The van der Waals surface area contributed by atoms with E-state index in [9.17, 15) is 9.59 Å². The molecule has 0 unspecified atom stereocenters. The smallest absolute Gasteiger partial charge is 0.410 e. The highest BCUT2D eigenvalue weighted by atomic mass is 79.9. The number of hydrogen-bond donors (Lipinski definition) is 0. The molecule has 1 aliphatic rings. The number of Topliss-reactive ketones (excluding diaryl/α,β-unsaturated/α-hetero) is 1. The van der Waals surface area contributed by atoms with E-state index < -0.39 is 11.7 Å². The Morgan fingerprint density at radius 3 is 2.70 bits per heavy atom. The van der Waals surface area contributed by atoms with Crippen LogP contribution in [0.15, 0.2) is 22.7 Å². The lowest BCUT2D eigenvalue weighted by atomic mass is 10.0. The Kier molecular flexibility index (Phi) is 4.18. The first-order valence-corrected chi connectivity index (χ1v) is 7.35. The minimum absolute atomic E-state index is 0.0512. The van der Waals surface area contributed by atoms with Crippen molar-refractivity contribution in [1.29, 1.82) is 0 Å². The molecule has 1 heterocycles. The van der Waals surface area contributed by atoms with Crippen molar-refractivity contribution < 1.29 is 14.3 Å². The number of ketones is 1. The largest absolute Gasteiger partial charge is 0.444 e. The number of rotatable bonds is 0. The van der Waals surface area contributed by atoms with Crippen molar-refractivity contribution in [2.24, 2.45) is 0 Å². The van der Waals surface area contributed by atoms with Crippen LogP contribution < -0.4 is 0 Å².